The summed E-state index contributed by atoms with van der Waals surface area (Å²) in [5.74, 6) is -0.595. The predicted molar refractivity (Wildman–Crippen MR) is 64.6 cm³/mol. The number of carboxylic acid groups (broad SMARTS) is 1. The van der Waals surface area contributed by atoms with E-state index in [2.05, 4.69) is 10.2 Å². The van der Waals surface area contributed by atoms with Gasteiger partial charge in [0.25, 0.3) is 0 Å². The molecule has 1 aliphatic rings. The highest BCUT2D eigenvalue weighted by molar-refractivity contribution is 5.76. The number of hydrogen-bond donors (Lipinski definition) is 2. The lowest BCUT2D eigenvalue weighted by atomic mass is 9.76. The number of nitrogens with zero attached hydrogens (tertiary/aromatic N) is 1. The van der Waals surface area contributed by atoms with Crippen molar-refractivity contribution in [3.8, 4) is 0 Å². The standard InChI is InChI=1S/C12H22N2O3/c1-9(2)12(11(16)17)5-7-14(8-12)6-4-10(15)13-3/h9H,4-8H2,1-3H3,(H,13,15)(H,16,17). The van der Waals surface area contributed by atoms with Crippen LogP contribution in [0.5, 0.6) is 0 Å². The first-order valence-corrected chi connectivity index (χ1v) is 6.08. The number of carbonyl (C=O) groups excluding carboxylic acids is 1. The molecule has 0 aromatic heterocycles. The molecule has 0 aromatic carbocycles. The Bertz CT molecular complexity index is 304. The van der Waals surface area contributed by atoms with Gasteiger partial charge in [-0.3, -0.25) is 9.59 Å². The Morgan fingerprint density at radius 1 is 1.47 bits per heavy atom. The van der Waals surface area contributed by atoms with Gasteiger partial charge in [-0.2, -0.15) is 0 Å². The summed E-state index contributed by atoms with van der Waals surface area (Å²) in [6.45, 7) is 5.87. The zero-order valence-corrected chi connectivity index (χ0v) is 10.8. The number of nitrogens with one attached hydrogen (secondary N) is 1. The molecule has 1 heterocycles. The van der Waals surface area contributed by atoms with Gasteiger partial charge in [-0.15, -0.1) is 0 Å². The van der Waals surface area contributed by atoms with E-state index >= 15 is 0 Å². The van der Waals surface area contributed by atoms with Gasteiger partial charge in [-0.25, -0.2) is 0 Å². The quantitative estimate of drug-likeness (QED) is 0.739. The van der Waals surface area contributed by atoms with E-state index in [1.54, 1.807) is 7.05 Å². The SMILES string of the molecule is CNC(=O)CCN1CCC(C(=O)O)(C(C)C)C1. The molecule has 0 radical (unpaired) electrons. The van der Waals surface area contributed by atoms with Crippen molar-refractivity contribution in [3.05, 3.63) is 0 Å². The maximum absolute atomic E-state index is 11.4. The molecule has 1 unspecified atom stereocenters. The third kappa shape index (κ3) is 2.97. The first kappa shape index (κ1) is 14.0. The van der Waals surface area contributed by atoms with Gasteiger partial charge in [0.05, 0.1) is 5.41 Å². The summed E-state index contributed by atoms with van der Waals surface area (Å²) in [4.78, 5) is 24.6. The average Bonchev–Trinajstić information content (AvgIpc) is 2.71. The molecule has 1 amide bonds. The van der Waals surface area contributed by atoms with E-state index in [1.165, 1.54) is 0 Å². The van der Waals surface area contributed by atoms with Crippen LogP contribution in [0, 0.1) is 11.3 Å². The molecule has 0 bridgehead atoms. The first-order chi connectivity index (χ1) is 7.92. The van der Waals surface area contributed by atoms with Crippen LogP contribution >= 0.6 is 0 Å². The maximum atomic E-state index is 11.4. The van der Waals surface area contributed by atoms with Crippen molar-refractivity contribution in [3.63, 3.8) is 0 Å². The molecule has 0 aliphatic carbocycles. The second-order valence-electron chi connectivity index (χ2n) is 5.07. The smallest absolute Gasteiger partial charge is 0.311 e. The fourth-order valence-corrected chi connectivity index (χ4v) is 2.38. The van der Waals surface area contributed by atoms with Crippen LogP contribution in [0.2, 0.25) is 0 Å². The first-order valence-electron chi connectivity index (χ1n) is 6.08. The Morgan fingerprint density at radius 2 is 2.12 bits per heavy atom. The Labute approximate surface area is 102 Å². The summed E-state index contributed by atoms with van der Waals surface area (Å²) in [6.07, 6.45) is 1.11. The molecular weight excluding hydrogens is 220 g/mol. The van der Waals surface area contributed by atoms with E-state index in [9.17, 15) is 14.7 Å². The lowest BCUT2D eigenvalue weighted by Crippen LogP contribution is -2.39. The van der Waals surface area contributed by atoms with Crippen molar-refractivity contribution >= 4 is 11.9 Å². The van der Waals surface area contributed by atoms with Crippen LogP contribution in [-0.4, -0.2) is 48.6 Å². The van der Waals surface area contributed by atoms with Crippen LogP contribution in [0.25, 0.3) is 0 Å². The molecule has 1 rings (SSSR count). The van der Waals surface area contributed by atoms with Gasteiger partial charge in [0.1, 0.15) is 0 Å². The lowest BCUT2D eigenvalue weighted by Gasteiger charge is -2.28. The number of carbonyl (C=O) groups is 2. The number of amides is 1. The van der Waals surface area contributed by atoms with Crippen LogP contribution in [0.3, 0.4) is 0 Å². The van der Waals surface area contributed by atoms with E-state index in [0.717, 1.165) is 6.54 Å². The van der Waals surface area contributed by atoms with Crippen molar-refractivity contribution in [2.75, 3.05) is 26.7 Å². The molecule has 2 N–H and O–H groups in total. The zero-order valence-electron chi connectivity index (χ0n) is 10.8. The molecule has 5 nitrogen and oxygen atoms in total. The van der Waals surface area contributed by atoms with Crippen LogP contribution in [0.15, 0.2) is 0 Å². The molecule has 0 saturated carbocycles. The van der Waals surface area contributed by atoms with Crippen molar-refractivity contribution in [1.82, 2.24) is 10.2 Å². The van der Waals surface area contributed by atoms with Gasteiger partial charge in [0, 0.05) is 26.6 Å². The van der Waals surface area contributed by atoms with Gasteiger partial charge in [0.2, 0.25) is 5.91 Å². The third-order valence-electron chi connectivity index (χ3n) is 3.84. The predicted octanol–water partition coefficient (Wildman–Crippen LogP) is 0.555. The van der Waals surface area contributed by atoms with Crippen molar-refractivity contribution in [1.29, 1.82) is 0 Å². The van der Waals surface area contributed by atoms with Gasteiger partial charge in [-0.1, -0.05) is 13.8 Å². The molecule has 0 spiro atoms. The molecule has 1 atom stereocenters. The van der Waals surface area contributed by atoms with Crippen molar-refractivity contribution in [2.24, 2.45) is 11.3 Å². The topological polar surface area (TPSA) is 69.6 Å². The second-order valence-corrected chi connectivity index (χ2v) is 5.07. The number of likely N-dealkylation sites (tertiary alicyclic amines) is 1. The summed E-state index contributed by atoms with van der Waals surface area (Å²) in [7, 11) is 1.61. The lowest BCUT2D eigenvalue weighted by molar-refractivity contribution is -0.151. The summed E-state index contributed by atoms with van der Waals surface area (Å²) >= 11 is 0. The van der Waals surface area contributed by atoms with Gasteiger partial charge < -0.3 is 15.3 Å². The summed E-state index contributed by atoms with van der Waals surface area (Å²) in [5.41, 5.74) is -0.636. The fraction of sp³-hybridized carbons (Fsp3) is 0.833. The largest absolute Gasteiger partial charge is 0.481 e. The highest BCUT2D eigenvalue weighted by Crippen LogP contribution is 2.38. The van der Waals surface area contributed by atoms with E-state index in [4.69, 9.17) is 0 Å². The Hall–Kier alpha value is -1.10. The minimum Gasteiger partial charge on any atom is -0.481 e. The van der Waals surface area contributed by atoms with Crippen LogP contribution in [0.1, 0.15) is 26.7 Å². The molecule has 1 fully saturated rings. The monoisotopic (exact) mass is 242 g/mol. The maximum Gasteiger partial charge on any atom is 0.311 e. The van der Waals surface area contributed by atoms with Gasteiger partial charge in [-0.05, 0) is 18.9 Å². The molecule has 98 valence electrons. The number of aliphatic carboxylic acids is 1. The molecule has 0 aromatic rings. The number of carboxylic acids is 1. The Morgan fingerprint density at radius 3 is 2.53 bits per heavy atom. The molecule has 17 heavy (non-hydrogen) atoms. The van der Waals surface area contributed by atoms with E-state index in [-0.39, 0.29) is 11.8 Å². The number of rotatable bonds is 5. The van der Waals surface area contributed by atoms with Gasteiger partial charge >= 0.3 is 5.97 Å². The van der Waals surface area contributed by atoms with Crippen LogP contribution in [-0.2, 0) is 9.59 Å². The fourth-order valence-electron chi connectivity index (χ4n) is 2.38. The minimum absolute atomic E-state index is 0.00220. The minimum atomic E-state index is -0.713. The summed E-state index contributed by atoms with van der Waals surface area (Å²) < 4.78 is 0. The van der Waals surface area contributed by atoms with Crippen LogP contribution < -0.4 is 5.32 Å². The number of hydrogen-bond acceptors (Lipinski definition) is 3. The third-order valence-corrected chi connectivity index (χ3v) is 3.84. The molecular formula is C12H22N2O3. The van der Waals surface area contributed by atoms with E-state index in [1.807, 2.05) is 13.8 Å². The summed E-state index contributed by atoms with van der Waals surface area (Å²) in [6, 6.07) is 0. The molecule has 5 heteroatoms. The van der Waals surface area contributed by atoms with Gasteiger partial charge in [0.15, 0.2) is 0 Å². The van der Waals surface area contributed by atoms with E-state index < -0.39 is 11.4 Å². The highest BCUT2D eigenvalue weighted by Gasteiger charge is 2.46. The van der Waals surface area contributed by atoms with E-state index in [0.29, 0.717) is 25.9 Å². The normalized spacial score (nSPS) is 25.2. The van der Waals surface area contributed by atoms with Crippen molar-refractivity contribution in [2.45, 2.75) is 26.7 Å². The van der Waals surface area contributed by atoms with Crippen LogP contribution in [0.4, 0.5) is 0 Å². The molecule has 1 aliphatic heterocycles. The second kappa shape index (κ2) is 5.49. The Balaban J connectivity index is 2.55. The summed E-state index contributed by atoms with van der Waals surface area (Å²) in [5, 5.41) is 11.9. The molecule has 1 saturated heterocycles. The zero-order chi connectivity index (χ0) is 13.1. The Kier molecular flexibility index (Phi) is 4.51. The highest BCUT2D eigenvalue weighted by atomic mass is 16.4. The average molecular weight is 242 g/mol. The van der Waals surface area contributed by atoms with Crippen molar-refractivity contribution < 1.29 is 14.7 Å².